The Balaban J connectivity index is 1.20. The predicted molar refractivity (Wildman–Crippen MR) is 253 cm³/mol. The Morgan fingerprint density at radius 3 is 1.02 bits per heavy atom. The van der Waals surface area contributed by atoms with Crippen molar-refractivity contribution in [1.29, 1.82) is 0 Å². The van der Waals surface area contributed by atoms with Crippen molar-refractivity contribution in [2.24, 2.45) is 0 Å². The Morgan fingerprint density at radius 2 is 0.623 bits per heavy atom. The summed E-state index contributed by atoms with van der Waals surface area (Å²) in [5.41, 5.74) is 15.5. The SMILES string of the molecule is Cc1cccc2c3cccc(C)c3n(-c3ccccc3-c3nc(-c4ccccc4-n4c5c(C)cccc5c5cccc(C)c54)nc(-n4c5ccccc5c5ccccc54)n3)c12. The van der Waals surface area contributed by atoms with Crippen molar-refractivity contribution in [3.05, 3.63) is 192 Å². The third kappa shape index (κ3) is 5.12. The van der Waals surface area contributed by atoms with Gasteiger partial charge in [0.2, 0.25) is 5.95 Å². The van der Waals surface area contributed by atoms with Gasteiger partial charge in [-0.1, -0.05) is 133 Å². The minimum atomic E-state index is 0.561. The quantitative estimate of drug-likeness (QED) is 0.175. The van der Waals surface area contributed by atoms with Crippen LogP contribution < -0.4 is 0 Å². The van der Waals surface area contributed by atoms with E-state index in [9.17, 15) is 0 Å². The number of aromatic nitrogens is 6. The first-order chi connectivity index (χ1) is 30.0. The van der Waals surface area contributed by atoms with Gasteiger partial charge in [-0.25, -0.2) is 4.98 Å². The third-order valence-electron chi connectivity index (χ3n) is 12.6. The van der Waals surface area contributed by atoms with E-state index >= 15 is 0 Å². The molecule has 4 heterocycles. The Labute approximate surface area is 352 Å². The zero-order chi connectivity index (χ0) is 40.9. The topological polar surface area (TPSA) is 53.5 Å². The van der Waals surface area contributed by atoms with Gasteiger partial charge in [-0.15, -0.1) is 0 Å². The molecule has 0 atom stereocenters. The lowest BCUT2D eigenvalue weighted by molar-refractivity contribution is 0.949. The van der Waals surface area contributed by atoms with E-state index in [0.717, 1.165) is 44.3 Å². The summed E-state index contributed by atoms with van der Waals surface area (Å²) in [6, 6.07) is 60.6. The maximum Gasteiger partial charge on any atom is 0.238 e. The van der Waals surface area contributed by atoms with Crippen LogP contribution >= 0.6 is 0 Å². The molecular formula is C55H40N6. The molecule has 0 N–H and O–H groups in total. The highest BCUT2D eigenvalue weighted by molar-refractivity contribution is 6.13. The highest BCUT2D eigenvalue weighted by atomic mass is 15.2. The maximum atomic E-state index is 5.53. The van der Waals surface area contributed by atoms with Crippen LogP contribution in [0.25, 0.3) is 106 Å². The molecule has 12 rings (SSSR count). The maximum absolute atomic E-state index is 5.53. The van der Waals surface area contributed by atoms with Crippen LogP contribution in [0, 0.1) is 27.7 Å². The number of benzene rings is 8. The summed E-state index contributed by atoms with van der Waals surface area (Å²) in [6.45, 7) is 8.80. The molecule has 0 saturated heterocycles. The molecule has 12 aromatic rings. The average Bonchev–Trinajstić information content (AvgIpc) is 3.95. The van der Waals surface area contributed by atoms with E-state index in [2.05, 4.69) is 211 Å². The van der Waals surface area contributed by atoms with Gasteiger partial charge < -0.3 is 9.13 Å². The van der Waals surface area contributed by atoms with Crippen LogP contribution in [0.5, 0.6) is 0 Å². The molecular weight excluding hydrogens is 745 g/mol. The van der Waals surface area contributed by atoms with E-state index in [4.69, 9.17) is 15.0 Å². The molecule has 0 aliphatic rings. The van der Waals surface area contributed by atoms with E-state index < -0.39 is 0 Å². The largest absolute Gasteiger partial charge is 0.308 e. The molecule has 0 unspecified atom stereocenters. The van der Waals surface area contributed by atoms with E-state index in [1.165, 1.54) is 65.9 Å². The fourth-order valence-electron chi connectivity index (χ4n) is 9.96. The number of hydrogen-bond donors (Lipinski definition) is 0. The summed E-state index contributed by atoms with van der Waals surface area (Å²) in [5, 5.41) is 7.19. The number of aryl methyl sites for hydroxylation is 4. The first-order valence-electron chi connectivity index (χ1n) is 20.9. The second-order valence-corrected chi connectivity index (χ2v) is 16.2. The van der Waals surface area contributed by atoms with Crippen LogP contribution in [-0.2, 0) is 0 Å². The van der Waals surface area contributed by atoms with Crippen LogP contribution in [0.4, 0.5) is 0 Å². The van der Waals surface area contributed by atoms with E-state index in [1.54, 1.807) is 0 Å². The Bertz CT molecular complexity index is 3410. The van der Waals surface area contributed by atoms with Crippen molar-refractivity contribution in [2.75, 3.05) is 0 Å². The van der Waals surface area contributed by atoms with Gasteiger partial charge in [0, 0.05) is 43.4 Å². The van der Waals surface area contributed by atoms with Crippen LogP contribution in [0.1, 0.15) is 22.3 Å². The highest BCUT2D eigenvalue weighted by Gasteiger charge is 2.24. The molecule has 0 bridgehead atoms. The van der Waals surface area contributed by atoms with Crippen LogP contribution in [0.15, 0.2) is 170 Å². The fraction of sp³-hybridized carbons (Fsp3) is 0.0727. The van der Waals surface area contributed by atoms with Crippen molar-refractivity contribution in [3.63, 3.8) is 0 Å². The second-order valence-electron chi connectivity index (χ2n) is 16.2. The third-order valence-corrected chi connectivity index (χ3v) is 12.6. The molecule has 0 radical (unpaired) electrons. The van der Waals surface area contributed by atoms with Crippen molar-refractivity contribution in [2.45, 2.75) is 27.7 Å². The molecule has 290 valence electrons. The number of fused-ring (bicyclic) bond motifs is 9. The zero-order valence-corrected chi connectivity index (χ0v) is 34.3. The number of hydrogen-bond acceptors (Lipinski definition) is 3. The molecule has 0 fully saturated rings. The predicted octanol–water partition coefficient (Wildman–Crippen LogP) is 13.7. The first-order valence-corrected chi connectivity index (χ1v) is 20.9. The normalized spacial score (nSPS) is 11.9. The van der Waals surface area contributed by atoms with Crippen LogP contribution in [0.2, 0.25) is 0 Å². The van der Waals surface area contributed by atoms with Gasteiger partial charge in [0.25, 0.3) is 0 Å². The molecule has 6 nitrogen and oxygen atoms in total. The lowest BCUT2D eigenvalue weighted by Gasteiger charge is -2.18. The second kappa shape index (κ2) is 13.3. The molecule has 6 heteroatoms. The molecule has 8 aromatic carbocycles. The van der Waals surface area contributed by atoms with Gasteiger partial charge in [-0.05, 0) is 86.3 Å². The monoisotopic (exact) mass is 784 g/mol. The highest BCUT2D eigenvalue weighted by Crippen LogP contribution is 2.41. The van der Waals surface area contributed by atoms with Crippen LogP contribution in [-0.4, -0.2) is 28.7 Å². The zero-order valence-electron chi connectivity index (χ0n) is 34.3. The molecule has 4 aromatic heterocycles. The van der Waals surface area contributed by atoms with Gasteiger partial charge in [0.05, 0.1) is 44.5 Å². The summed E-state index contributed by atoms with van der Waals surface area (Å²) >= 11 is 0. The van der Waals surface area contributed by atoms with E-state index in [0.29, 0.717) is 17.6 Å². The first kappa shape index (κ1) is 35.1. The summed E-state index contributed by atoms with van der Waals surface area (Å²) < 4.78 is 7.05. The number of para-hydroxylation sites is 8. The van der Waals surface area contributed by atoms with Crippen molar-refractivity contribution >= 4 is 65.4 Å². The molecule has 0 aliphatic carbocycles. The number of rotatable bonds is 5. The summed E-state index contributed by atoms with van der Waals surface area (Å²) in [5.74, 6) is 1.75. The summed E-state index contributed by atoms with van der Waals surface area (Å²) in [4.78, 5) is 16.5. The molecule has 0 spiro atoms. The lowest BCUT2D eigenvalue weighted by atomic mass is 10.1. The van der Waals surface area contributed by atoms with Crippen molar-refractivity contribution in [3.8, 4) is 40.1 Å². The smallest absolute Gasteiger partial charge is 0.238 e. The van der Waals surface area contributed by atoms with Crippen molar-refractivity contribution in [1.82, 2.24) is 28.7 Å². The van der Waals surface area contributed by atoms with Gasteiger partial charge in [-0.3, -0.25) is 4.57 Å². The van der Waals surface area contributed by atoms with Gasteiger partial charge >= 0.3 is 0 Å². The number of nitrogens with zero attached hydrogens (tertiary/aromatic N) is 6. The Morgan fingerprint density at radius 1 is 0.295 bits per heavy atom. The average molecular weight is 785 g/mol. The standard InChI is InChI=1S/C55H40N6/c1-33-17-13-25-39-40-26-14-18-34(2)50(40)60(49(33)39)47-31-11-7-23-43(47)53-56-54(58-55(57-53)59-45-29-9-5-21-37(45)38-22-6-10-30-46(38)59)44-24-8-12-32-48(44)61-51-35(3)19-15-27-41(51)42-28-16-20-36(4)52(42)61/h5-32H,1-4H3. The van der Waals surface area contributed by atoms with E-state index in [-0.39, 0.29) is 0 Å². The van der Waals surface area contributed by atoms with E-state index in [1.807, 2.05) is 0 Å². The molecule has 0 aliphatic heterocycles. The Hall–Kier alpha value is -7.83. The Kier molecular flexibility index (Phi) is 7.69. The minimum Gasteiger partial charge on any atom is -0.308 e. The van der Waals surface area contributed by atoms with Crippen LogP contribution in [0.3, 0.4) is 0 Å². The fourth-order valence-corrected chi connectivity index (χ4v) is 9.96. The molecule has 0 saturated carbocycles. The summed E-state index contributed by atoms with van der Waals surface area (Å²) in [7, 11) is 0. The van der Waals surface area contributed by atoms with Gasteiger partial charge in [0.15, 0.2) is 11.6 Å². The lowest BCUT2D eigenvalue weighted by Crippen LogP contribution is -2.09. The summed E-state index contributed by atoms with van der Waals surface area (Å²) in [6.07, 6.45) is 0. The van der Waals surface area contributed by atoms with Gasteiger partial charge in [0.1, 0.15) is 0 Å². The molecule has 61 heavy (non-hydrogen) atoms. The minimum absolute atomic E-state index is 0.561. The molecule has 0 amide bonds. The van der Waals surface area contributed by atoms with Crippen molar-refractivity contribution < 1.29 is 0 Å². The van der Waals surface area contributed by atoms with Gasteiger partial charge in [-0.2, -0.15) is 9.97 Å².